The van der Waals surface area contributed by atoms with Crippen molar-refractivity contribution in [1.82, 2.24) is 0 Å². The molecule has 0 N–H and O–H groups in total. The molecule has 31 heavy (non-hydrogen) atoms. The molecule has 3 unspecified atom stereocenters. The Morgan fingerprint density at radius 2 is 1.35 bits per heavy atom. The highest BCUT2D eigenvalue weighted by Crippen LogP contribution is 2.47. The number of hydrogen-bond acceptors (Lipinski definition) is 4. The van der Waals surface area contributed by atoms with E-state index in [1.807, 2.05) is 27.7 Å². The number of hydrogen-bond donors (Lipinski definition) is 0. The number of fused-ring (bicyclic) bond motifs is 2. The van der Waals surface area contributed by atoms with Gasteiger partial charge in [0.2, 0.25) is 0 Å². The summed E-state index contributed by atoms with van der Waals surface area (Å²) in [4.78, 5) is 26.3. The standard InChI is InChI=1S/C27H46O4/c1-6-23-19-12-11-13-20(23)17-22(16-19)31-24(28)26(3,4)18-27(5,7-2)25(29)30-21-14-9-8-10-15-21/h19-23H,6-18H2,1-5H3. The first-order chi connectivity index (χ1) is 14.7. The van der Waals surface area contributed by atoms with Crippen molar-refractivity contribution in [2.45, 2.75) is 130 Å². The summed E-state index contributed by atoms with van der Waals surface area (Å²) in [7, 11) is 0. The van der Waals surface area contributed by atoms with Crippen molar-refractivity contribution in [3.63, 3.8) is 0 Å². The van der Waals surface area contributed by atoms with Gasteiger partial charge in [0.25, 0.3) is 0 Å². The molecule has 0 aliphatic heterocycles. The fraction of sp³-hybridized carbons (Fsp3) is 0.926. The SMILES string of the molecule is CCC1C2CCCC1CC(OC(=O)C(C)(C)CC(C)(CC)C(=O)OC1CCCCC1)C2. The van der Waals surface area contributed by atoms with Crippen LogP contribution in [0.4, 0.5) is 0 Å². The maximum atomic E-state index is 13.2. The van der Waals surface area contributed by atoms with E-state index < -0.39 is 10.8 Å². The molecule has 0 aromatic carbocycles. The van der Waals surface area contributed by atoms with Crippen LogP contribution >= 0.6 is 0 Å². The summed E-state index contributed by atoms with van der Waals surface area (Å²) in [5.41, 5.74) is -1.36. The molecule has 3 aliphatic carbocycles. The van der Waals surface area contributed by atoms with Gasteiger partial charge < -0.3 is 9.47 Å². The predicted octanol–water partition coefficient (Wildman–Crippen LogP) is 6.84. The molecule has 3 aliphatic rings. The number of carbonyl (C=O) groups excluding carboxylic acids is 2. The fourth-order valence-corrected chi connectivity index (χ4v) is 6.75. The third-order valence-corrected chi connectivity index (χ3v) is 8.72. The summed E-state index contributed by atoms with van der Waals surface area (Å²) >= 11 is 0. The van der Waals surface area contributed by atoms with Gasteiger partial charge in [-0.25, -0.2) is 0 Å². The lowest BCUT2D eigenvalue weighted by molar-refractivity contribution is -0.172. The smallest absolute Gasteiger partial charge is 0.312 e. The molecule has 0 amide bonds. The summed E-state index contributed by atoms with van der Waals surface area (Å²) in [6.07, 6.45) is 13.9. The van der Waals surface area contributed by atoms with E-state index in [-0.39, 0.29) is 24.1 Å². The zero-order chi connectivity index (χ0) is 22.6. The molecule has 0 spiro atoms. The van der Waals surface area contributed by atoms with Crippen LogP contribution < -0.4 is 0 Å². The lowest BCUT2D eigenvalue weighted by atomic mass is 9.63. The topological polar surface area (TPSA) is 52.6 Å². The summed E-state index contributed by atoms with van der Waals surface area (Å²) in [6.45, 7) is 10.2. The average molecular weight is 435 g/mol. The Kier molecular flexibility index (Phi) is 8.13. The highest BCUT2D eigenvalue weighted by Gasteiger charge is 2.46. The molecule has 0 aromatic rings. The van der Waals surface area contributed by atoms with Crippen LogP contribution in [0, 0.1) is 28.6 Å². The van der Waals surface area contributed by atoms with Crippen molar-refractivity contribution < 1.29 is 19.1 Å². The maximum Gasteiger partial charge on any atom is 0.312 e. The Morgan fingerprint density at radius 3 is 1.90 bits per heavy atom. The Hall–Kier alpha value is -1.06. The first-order valence-electron chi connectivity index (χ1n) is 13.1. The van der Waals surface area contributed by atoms with Gasteiger partial charge in [0.1, 0.15) is 12.2 Å². The Bertz CT molecular complexity index is 607. The number of rotatable bonds is 8. The molecule has 0 heterocycles. The van der Waals surface area contributed by atoms with Crippen LogP contribution in [-0.4, -0.2) is 24.1 Å². The van der Waals surface area contributed by atoms with Gasteiger partial charge in [0, 0.05) is 0 Å². The molecule has 0 radical (unpaired) electrons. The van der Waals surface area contributed by atoms with Gasteiger partial charge in [-0.15, -0.1) is 0 Å². The van der Waals surface area contributed by atoms with Gasteiger partial charge in [-0.05, 0) is 89.9 Å². The van der Waals surface area contributed by atoms with E-state index in [4.69, 9.17) is 9.47 Å². The minimum Gasteiger partial charge on any atom is -0.462 e. The van der Waals surface area contributed by atoms with Gasteiger partial charge in [0.15, 0.2) is 0 Å². The molecule has 4 heteroatoms. The fourth-order valence-electron chi connectivity index (χ4n) is 6.75. The van der Waals surface area contributed by atoms with Crippen LogP contribution in [0.25, 0.3) is 0 Å². The lowest BCUT2D eigenvalue weighted by Gasteiger charge is -2.46. The summed E-state index contributed by atoms with van der Waals surface area (Å²) < 4.78 is 12.0. The van der Waals surface area contributed by atoms with Crippen LogP contribution in [0.1, 0.15) is 118 Å². The second-order valence-electron chi connectivity index (χ2n) is 11.7. The zero-order valence-electron chi connectivity index (χ0n) is 20.7. The molecule has 0 saturated heterocycles. The van der Waals surface area contributed by atoms with E-state index in [0.29, 0.717) is 24.7 Å². The second kappa shape index (κ2) is 10.3. The minimum atomic E-state index is -0.701. The molecular weight excluding hydrogens is 388 g/mol. The van der Waals surface area contributed by atoms with Crippen molar-refractivity contribution >= 4 is 11.9 Å². The molecule has 3 atom stereocenters. The van der Waals surface area contributed by atoms with E-state index in [0.717, 1.165) is 44.4 Å². The van der Waals surface area contributed by atoms with Gasteiger partial charge in [-0.1, -0.05) is 46.0 Å². The monoisotopic (exact) mass is 434 g/mol. The number of carbonyl (C=O) groups is 2. The van der Waals surface area contributed by atoms with Crippen LogP contribution in [0.15, 0.2) is 0 Å². The molecule has 4 nitrogen and oxygen atoms in total. The lowest BCUT2D eigenvalue weighted by Crippen LogP contribution is -2.43. The van der Waals surface area contributed by atoms with Crippen LogP contribution in [0.3, 0.4) is 0 Å². The number of ether oxygens (including phenoxy) is 2. The zero-order valence-corrected chi connectivity index (χ0v) is 20.7. The van der Waals surface area contributed by atoms with E-state index in [1.54, 1.807) is 0 Å². The van der Waals surface area contributed by atoms with Crippen molar-refractivity contribution in [1.29, 1.82) is 0 Å². The third kappa shape index (κ3) is 5.85. The maximum absolute atomic E-state index is 13.2. The second-order valence-corrected chi connectivity index (χ2v) is 11.7. The van der Waals surface area contributed by atoms with E-state index in [2.05, 4.69) is 6.92 Å². The van der Waals surface area contributed by atoms with Gasteiger partial charge in [-0.3, -0.25) is 9.59 Å². The summed E-state index contributed by atoms with van der Waals surface area (Å²) in [5, 5.41) is 0. The average Bonchev–Trinajstić information content (AvgIpc) is 2.73. The van der Waals surface area contributed by atoms with Crippen molar-refractivity contribution in [3.8, 4) is 0 Å². The van der Waals surface area contributed by atoms with Crippen molar-refractivity contribution in [2.24, 2.45) is 28.6 Å². The Balaban J connectivity index is 1.58. The van der Waals surface area contributed by atoms with Gasteiger partial charge >= 0.3 is 11.9 Å². The van der Waals surface area contributed by atoms with Gasteiger partial charge in [-0.2, -0.15) is 0 Å². The summed E-state index contributed by atoms with van der Waals surface area (Å²) in [6, 6.07) is 0. The van der Waals surface area contributed by atoms with Crippen LogP contribution in [0.2, 0.25) is 0 Å². The summed E-state index contributed by atoms with van der Waals surface area (Å²) in [5.74, 6) is 1.96. The highest BCUT2D eigenvalue weighted by molar-refractivity contribution is 5.80. The van der Waals surface area contributed by atoms with Crippen molar-refractivity contribution in [3.05, 3.63) is 0 Å². The molecule has 0 aromatic heterocycles. The molecular formula is C27H46O4. The van der Waals surface area contributed by atoms with Crippen LogP contribution in [-0.2, 0) is 19.1 Å². The molecule has 178 valence electrons. The van der Waals surface area contributed by atoms with E-state index >= 15 is 0 Å². The normalized spacial score (nSPS) is 31.5. The third-order valence-electron chi connectivity index (χ3n) is 8.72. The molecule has 3 fully saturated rings. The first kappa shape index (κ1) is 24.6. The predicted molar refractivity (Wildman–Crippen MR) is 123 cm³/mol. The van der Waals surface area contributed by atoms with Crippen LogP contribution in [0.5, 0.6) is 0 Å². The molecule has 3 rings (SSSR count). The van der Waals surface area contributed by atoms with E-state index in [9.17, 15) is 9.59 Å². The van der Waals surface area contributed by atoms with E-state index in [1.165, 1.54) is 32.1 Å². The largest absolute Gasteiger partial charge is 0.462 e. The van der Waals surface area contributed by atoms with Crippen molar-refractivity contribution in [2.75, 3.05) is 0 Å². The Morgan fingerprint density at radius 1 is 0.774 bits per heavy atom. The molecule has 3 saturated carbocycles. The highest BCUT2D eigenvalue weighted by atomic mass is 16.5. The Labute approximate surface area is 190 Å². The quantitative estimate of drug-likeness (QED) is 0.392. The molecule has 2 bridgehead atoms. The minimum absolute atomic E-state index is 0.0481. The van der Waals surface area contributed by atoms with Gasteiger partial charge in [0.05, 0.1) is 10.8 Å². The number of esters is 2. The first-order valence-corrected chi connectivity index (χ1v) is 13.1.